The highest BCUT2D eigenvalue weighted by atomic mass is 79.9. The first-order valence-corrected chi connectivity index (χ1v) is 7.46. The summed E-state index contributed by atoms with van der Waals surface area (Å²) in [5, 5.41) is 3.59. The highest BCUT2D eigenvalue weighted by molar-refractivity contribution is 9.10. The van der Waals surface area contributed by atoms with Gasteiger partial charge in [-0.15, -0.1) is 0 Å². The summed E-state index contributed by atoms with van der Waals surface area (Å²) in [7, 11) is 0. The van der Waals surface area contributed by atoms with Gasteiger partial charge in [-0.3, -0.25) is 0 Å². The van der Waals surface area contributed by atoms with E-state index in [9.17, 15) is 0 Å². The van der Waals surface area contributed by atoms with Crippen molar-refractivity contribution in [2.24, 2.45) is 0 Å². The third-order valence-electron chi connectivity index (χ3n) is 3.82. The van der Waals surface area contributed by atoms with E-state index in [2.05, 4.69) is 62.6 Å². The minimum Gasteiger partial charge on any atom is -0.381 e. The first kappa shape index (κ1) is 12.7. The van der Waals surface area contributed by atoms with E-state index >= 15 is 0 Å². The van der Waals surface area contributed by atoms with E-state index in [1.165, 1.54) is 18.4 Å². The molecule has 1 heterocycles. The molecule has 1 aliphatic rings. The van der Waals surface area contributed by atoms with Crippen LogP contribution in [0.25, 0.3) is 0 Å². The van der Waals surface area contributed by atoms with Gasteiger partial charge in [-0.1, -0.05) is 30.3 Å². The number of nitrogens with one attached hydrogen (secondary N) is 1. The number of rotatable bonds is 3. The molecule has 0 saturated heterocycles. The van der Waals surface area contributed by atoms with Crippen molar-refractivity contribution in [1.82, 2.24) is 4.98 Å². The molecular weight excluding hydrogens is 300 g/mol. The Labute approximate surface area is 122 Å². The lowest BCUT2D eigenvalue weighted by molar-refractivity contribution is 0.374. The van der Waals surface area contributed by atoms with E-state index in [4.69, 9.17) is 0 Å². The lowest BCUT2D eigenvalue weighted by atomic mass is 9.76. The van der Waals surface area contributed by atoms with Crippen LogP contribution in [0.3, 0.4) is 0 Å². The van der Waals surface area contributed by atoms with Crippen LogP contribution >= 0.6 is 15.9 Å². The summed E-state index contributed by atoms with van der Waals surface area (Å²) in [5.74, 6) is 0.711. The number of anilines is 1. The quantitative estimate of drug-likeness (QED) is 0.843. The summed E-state index contributed by atoms with van der Waals surface area (Å²) in [6, 6.07) is 15.4. The van der Waals surface area contributed by atoms with E-state index in [-0.39, 0.29) is 0 Å². The molecule has 98 valence electrons. The van der Waals surface area contributed by atoms with Gasteiger partial charge < -0.3 is 5.32 Å². The predicted molar refractivity (Wildman–Crippen MR) is 82.5 cm³/mol. The van der Waals surface area contributed by atoms with Crippen molar-refractivity contribution in [1.29, 1.82) is 0 Å². The lowest BCUT2D eigenvalue weighted by Gasteiger charge is -2.37. The van der Waals surface area contributed by atoms with Gasteiger partial charge in [-0.05, 0) is 59.3 Å². The molecule has 0 radical (unpaired) electrons. The summed E-state index contributed by atoms with van der Waals surface area (Å²) in [6.45, 7) is 2.04. The molecule has 1 aromatic carbocycles. The normalized spacial score (nSPS) is 21.8. The fourth-order valence-corrected chi connectivity index (χ4v) is 3.03. The monoisotopic (exact) mass is 316 g/mol. The molecule has 1 saturated carbocycles. The van der Waals surface area contributed by atoms with Crippen LogP contribution in [0.2, 0.25) is 0 Å². The average Bonchev–Trinajstić information content (AvgIpc) is 2.36. The standard InChI is InChI=1S/C16H17BrN2/c1-11-15(7-8-16(17)18-11)19-14-9-13(10-14)12-5-3-2-4-6-12/h2-8,13-14,19H,9-10H2,1H3. The Morgan fingerprint density at radius 2 is 1.84 bits per heavy atom. The Kier molecular flexibility index (Phi) is 3.56. The highest BCUT2D eigenvalue weighted by Gasteiger charge is 2.30. The molecule has 0 bridgehead atoms. The fraction of sp³-hybridized carbons (Fsp3) is 0.312. The molecule has 0 atom stereocenters. The number of benzene rings is 1. The van der Waals surface area contributed by atoms with Crippen LogP contribution in [0, 0.1) is 6.92 Å². The van der Waals surface area contributed by atoms with Gasteiger partial charge in [0.25, 0.3) is 0 Å². The molecule has 0 aliphatic heterocycles. The molecule has 0 spiro atoms. The van der Waals surface area contributed by atoms with E-state index < -0.39 is 0 Å². The predicted octanol–water partition coefficient (Wildman–Crippen LogP) is 4.51. The summed E-state index contributed by atoms with van der Waals surface area (Å²) in [6.07, 6.45) is 2.42. The van der Waals surface area contributed by atoms with Crippen LogP contribution in [0.15, 0.2) is 47.1 Å². The SMILES string of the molecule is Cc1nc(Br)ccc1NC1CC(c2ccccc2)C1. The second kappa shape index (κ2) is 5.33. The molecule has 1 N–H and O–H groups in total. The van der Waals surface area contributed by atoms with Crippen LogP contribution in [-0.4, -0.2) is 11.0 Å². The second-order valence-electron chi connectivity index (χ2n) is 5.19. The lowest BCUT2D eigenvalue weighted by Crippen LogP contribution is -2.34. The van der Waals surface area contributed by atoms with Crippen molar-refractivity contribution >= 4 is 21.6 Å². The van der Waals surface area contributed by atoms with E-state index in [0.717, 1.165) is 16.0 Å². The van der Waals surface area contributed by atoms with Crippen molar-refractivity contribution in [2.45, 2.75) is 31.7 Å². The van der Waals surface area contributed by atoms with Gasteiger partial charge in [0.05, 0.1) is 11.4 Å². The zero-order valence-corrected chi connectivity index (χ0v) is 12.5. The summed E-state index contributed by atoms with van der Waals surface area (Å²) in [5.41, 5.74) is 3.67. The van der Waals surface area contributed by atoms with Crippen LogP contribution in [0.1, 0.15) is 30.0 Å². The summed E-state index contributed by atoms with van der Waals surface area (Å²) >= 11 is 3.39. The second-order valence-corrected chi connectivity index (χ2v) is 6.00. The minimum absolute atomic E-state index is 0.576. The molecule has 0 amide bonds. The van der Waals surface area contributed by atoms with Gasteiger partial charge >= 0.3 is 0 Å². The maximum Gasteiger partial charge on any atom is 0.106 e. The number of halogens is 1. The molecule has 3 heteroatoms. The Hall–Kier alpha value is -1.35. The molecule has 3 rings (SSSR count). The summed E-state index contributed by atoms with van der Waals surface area (Å²) in [4.78, 5) is 4.42. The molecule has 1 aromatic heterocycles. The number of hydrogen-bond acceptors (Lipinski definition) is 2. The topological polar surface area (TPSA) is 24.9 Å². The van der Waals surface area contributed by atoms with Gasteiger partial charge in [0.1, 0.15) is 4.60 Å². The van der Waals surface area contributed by atoms with Crippen LogP contribution in [0.4, 0.5) is 5.69 Å². The number of aromatic nitrogens is 1. The molecule has 0 unspecified atom stereocenters. The van der Waals surface area contributed by atoms with Gasteiger partial charge in [0.15, 0.2) is 0 Å². The minimum atomic E-state index is 0.576. The molecule has 19 heavy (non-hydrogen) atoms. The first-order chi connectivity index (χ1) is 9.22. The van der Waals surface area contributed by atoms with Crippen LogP contribution in [-0.2, 0) is 0 Å². The fourth-order valence-electron chi connectivity index (χ4n) is 2.64. The number of hydrogen-bond donors (Lipinski definition) is 1. The van der Waals surface area contributed by atoms with Crippen molar-refractivity contribution in [3.63, 3.8) is 0 Å². The largest absolute Gasteiger partial charge is 0.381 e. The zero-order chi connectivity index (χ0) is 13.2. The van der Waals surface area contributed by atoms with Gasteiger partial charge in [0, 0.05) is 6.04 Å². The van der Waals surface area contributed by atoms with Crippen molar-refractivity contribution in [3.05, 3.63) is 58.3 Å². The van der Waals surface area contributed by atoms with Crippen molar-refractivity contribution in [2.75, 3.05) is 5.32 Å². The third kappa shape index (κ3) is 2.81. The smallest absolute Gasteiger partial charge is 0.106 e. The van der Waals surface area contributed by atoms with Crippen LogP contribution < -0.4 is 5.32 Å². The maximum atomic E-state index is 4.42. The van der Waals surface area contributed by atoms with Gasteiger partial charge in [0.2, 0.25) is 0 Å². The molecule has 1 fully saturated rings. The average molecular weight is 317 g/mol. The van der Waals surface area contributed by atoms with Gasteiger partial charge in [-0.25, -0.2) is 4.98 Å². The summed E-state index contributed by atoms with van der Waals surface area (Å²) < 4.78 is 0.895. The first-order valence-electron chi connectivity index (χ1n) is 6.67. The van der Waals surface area contributed by atoms with E-state index in [0.29, 0.717) is 12.0 Å². The zero-order valence-electron chi connectivity index (χ0n) is 10.9. The molecular formula is C16H17BrN2. The van der Waals surface area contributed by atoms with Crippen molar-refractivity contribution < 1.29 is 0 Å². The number of nitrogens with zero attached hydrogens (tertiary/aromatic N) is 1. The molecule has 2 aromatic rings. The number of pyridine rings is 1. The molecule has 1 aliphatic carbocycles. The highest BCUT2D eigenvalue weighted by Crippen LogP contribution is 2.38. The Morgan fingerprint density at radius 3 is 2.53 bits per heavy atom. The van der Waals surface area contributed by atoms with Crippen LogP contribution in [0.5, 0.6) is 0 Å². The van der Waals surface area contributed by atoms with Crippen molar-refractivity contribution in [3.8, 4) is 0 Å². The van der Waals surface area contributed by atoms with E-state index in [1.54, 1.807) is 0 Å². The number of aryl methyl sites for hydroxylation is 1. The Balaban J connectivity index is 1.60. The van der Waals surface area contributed by atoms with Gasteiger partial charge in [-0.2, -0.15) is 0 Å². The molecule has 2 nitrogen and oxygen atoms in total. The Morgan fingerprint density at radius 1 is 1.11 bits per heavy atom. The Bertz CT molecular complexity index is 562. The maximum absolute atomic E-state index is 4.42. The van der Waals surface area contributed by atoms with E-state index in [1.807, 2.05) is 13.0 Å². The third-order valence-corrected chi connectivity index (χ3v) is 4.26.